The molecular formula is C17H28BrNS. The third kappa shape index (κ3) is 4.08. The summed E-state index contributed by atoms with van der Waals surface area (Å²) in [6.45, 7) is 8.09. The molecule has 0 bridgehead atoms. The Labute approximate surface area is 136 Å². The maximum atomic E-state index is 3.82. The molecule has 1 fully saturated rings. The van der Waals surface area contributed by atoms with Crippen LogP contribution in [0, 0.1) is 11.3 Å². The zero-order chi connectivity index (χ0) is 14.6. The third-order valence-corrected chi connectivity index (χ3v) is 6.35. The predicted octanol–water partition coefficient (Wildman–Crippen LogP) is 5.64. The topological polar surface area (TPSA) is 12.0 Å². The van der Waals surface area contributed by atoms with Crippen molar-refractivity contribution in [3.05, 3.63) is 20.8 Å². The van der Waals surface area contributed by atoms with Gasteiger partial charge in [0.1, 0.15) is 0 Å². The van der Waals surface area contributed by atoms with Gasteiger partial charge in [-0.05, 0) is 65.6 Å². The van der Waals surface area contributed by atoms with Gasteiger partial charge in [0.2, 0.25) is 0 Å². The molecule has 0 saturated heterocycles. The quantitative estimate of drug-likeness (QED) is 0.665. The molecule has 1 aromatic heterocycles. The fourth-order valence-electron chi connectivity index (χ4n) is 4.00. The van der Waals surface area contributed by atoms with Crippen LogP contribution in [0.5, 0.6) is 0 Å². The molecule has 20 heavy (non-hydrogen) atoms. The van der Waals surface area contributed by atoms with E-state index in [-0.39, 0.29) is 0 Å². The zero-order valence-corrected chi connectivity index (χ0v) is 15.4. The van der Waals surface area contributed by atoms with Gasteiger partial charge in [0.05, 0.1) is 0 Å². The third-order valence-electron chi connectivity index (χ3n) is 4.63. The standard InChI is InChI=1S/C17H28BrNS/c1-4-19-16(10-15-9-14(18)12-20-15)17(11-13(2)3)7-5-6-8-17/h9,12-13,16,19H,4-8,10-11H2,1-3H3. The van der Waals surface area contributed by atoms with Crippen LogP contribution in [-0.2, 0) is 6.42 Å². The van der Waals surface area contributed by atoms with Crippen LogP contribution in [0.2, 0.25) is 0 Å². The normalized spacial score (nSPS) is 19.6. The lowest BCUT2D eigenvalue weighted by Gasteiger charge is -2.39. The molecule has 3 heteroatoms. The molecule has 1 atom stereocenters. The molecule has 0 amide bonds. The van der Waals surface area contributed by atoms with Crippen molar-refractivity contribution in [3.8, 4) is 0 Å². The number of nitrogens with one attached hydrogen (secondary N) is 1. The second-order valence-corrected chi connectivity index (χ2v) is 8.62. The van der Waals surface area contributed by atoms with Crippen LogP contribution in [0.25, 0.3) is 0 Å². The van der Waals surface area contributed by atoms with Crippen molar-refractivity contribution in [2.24, 2.45) is 11.3 Å². The Morgan fingerprint density at radius 3 is 2.55 bits per heavy atom. The Kier molecular flexibility index (Phi) is 6.12. The van der Waals surface area contributed by atoms with Crippen LogP contribution in [0.4, 0.5) is 0 Å². The average molecular weight is 358 g/mol. The first-order chi connectivity index (χ1) is 9.55. The molecule has 1 unspecified atom stereocenters. The van der Waals surface area contributed by atoms with E-state index in [1.807, 2.05) is 11.3 Å². The second-order valence-electron chi connectivity index (χ2n) is 6.71. The molecule has 1 N–H and O–H groups in total. The fraction of sp³-hybridized carbons (Fsp3) is 0.765. The molecule has 0 radical (unpaired) electrons. The number of hydrogen-bond acceptors (Lipinski definition) is 2. The Bertz CT molecular complexity index is 407. The number of likely N-dealkylation sites (N-methyl/N-ethyl adjacent to an activating group) is 1. The minimum absolute atomic E-state index is 0.528. The number of thiophene rings is 1. The van der Waals surface area contributed by atoms with Crippen molar-refractivity contribution in [2.75, 3.05) is 6.54 Å². The van der Waals surface area contributed by atoms with Crippen molar-refractivity contribution in [2.45, 2.75) is 65.3 Å². The van der Waals surface area contributed by atoms with E-state index >= 15 is 0 Å². The van der Waals surface area contributed by atoms with Crippen LogP contribution < -0.4 is 5.32 Å². The molecule has 1 heterocycles. The Balaban J connectivity index is 2.15. The van der Waals surface area contributed by atoms with Crippen molar-refractivity contribution in [3.63, 3.8) is 0 Å². The van der Waals surface area contributed by atoms with E-state index in [0.717, 1.165) is 12.5 Å². The van der Waals surface area contributed by atoms with E-state index in [1.54, 1.807) is 0 Å². The Hall–Kier alpha value is 0.140. The van der Waals surface area contributed by atoms with Crippen molar-refractivity contribution in [1.29, 1.82) is 0 Å². The maximum Gasteiger partial charge on any atom is 0.0285 e. The molecule has 0 spiro atoms. The highest BCUT2D eigenvalue weighted by molar-refractivity contribution is 9.10. The Morgan fingerprint density at radius 1 is 1.35 bits per heavy atom. The highest BCUT2D eigenvalue weighted by atomic mass is 79.9. The molecule has 1 aliphatic carbocycles. The van der Waals surface area contributed by atoms with Crippen LogP contribution >= 0.6 is 27.3 Å². The fourth-order valence-corrected chi connectivity index (χ4v) is 5.50. The molecule has 1 aromatic rings. The first-order valence-corrected chi connectivity index (χ1v) is 9.69. The summed E-state index contributed by atoms with van der Waals surface area (Å²) >= 11 is 5.48. The number of rotatable bonds is 7. The van der Waals surface area contributed by atoms with E-state index in [1.165, 1.54) is 47.9 Å². The summed E-state index contributed by atoms with van der Waals surface area (Å²) in [5.74, 6) is 0.796. The highest BCUT2D eigenvalue weighted by Crippen LogP contribution is 2.47. The van der Waals surface area contributed by atoms with Gasteiger partial charge in [-0.25, -0.2) is 0 Å². The van der Waals surface area contributed by atoms with Gasteiger partial charge in [0.25, 0.3) is 0 Å². The van der Waals surface area contributed by atoms with Crippen molar-refractivity contribution in [1.82, 2.24) is 5.32 Å². The van der Waals surface area contributed by atoms with Gasteiger partial charge in [0, 0.05) is 20.8 Å². The smallest absolute Gasteiger partial charge is 0.0285 e. The van der Waals surface area contributed by atoms with Gasteiger partial charge in [-0.1, -0.05) is 33.6 Å². The maximum absolute atomic E-state index is 3.82. The molecule has 2 rings (SSSR count). The number of halogens is 1. The molecule has 0 aliphatic heterocycles. The molecule has 0 aromatic carbocycles. The second kappa shape index (κ2) is 7.42. The summed E-state index contributed by atoms with van der Waals surface area (Å²) in [7, 11) is 0. The molecule has 114 valence electrons. The van der Waals surface area contributed by atoms with Gasteiger partial charge in [-0.15, -0.1) is 11.3 Å². The largest absolute Gasteiger partial charge is 0.313 e. The summed E-state index contributed by atoms with van der Waals surface area (Å²) in [5, 5.41) is 6.03. The van der Waals surface area contributed by atoms with Gasteiger partial charge < -0.3 is 5.32 Å². The summed E-state index contributed by atoms with van der Waals surface area (Å²) in [6.07, 6.45) is 8.23. The average Bonchev–Trinajstić information content (AvgIpc) is 2.98. The van der Waals surface area contributed by atoms with E-state index < -0.39 is 0 Å². The summed E-state index contributed by atoms with van der Waals surface area (Å²) in [4.78, 5) is 1.51. The molecule has 1 aliphatic rings. The lowest BCUT2D eigenvalue weighted by atomic mass is 9.71. The molecular weight excluding hydrogens is 330 g/mol. The van der Waals surface area contributed by atoms with Crippen LogP contribution in [-0.4, -0.2) is 12.6 Å². The predicted molar refractivity (Wildman–Crippen MR) is 93.5 cm³/mol. The monoisotopic (exact) mass is 357 g/mol. The van der Waals surface area contributed by atoms with Gasteiger partial charge in [-0.3, -0.25) is 0 Å². The summed E-state index contributed by atoms with van der Waals surface area (Å²) in [5.41, 5.74) is 0.528. The first-order valence-electron chi connectivity index (χ1n) is 8.02. The summed E-state index contributed by atoms with van der Waals surface area (Å²) < 4.78 is 1.23. The Morgan fingerprint density at radius 2 is 2.05 bits per heavy atom. The van der Waals surface area contributed by atoms with E-state index in [2.05, 4.69) is 53.5 Å². The van der Waals surface area contributed by atoms with E-state index in [9.17, 15) is 0 Å². The van der Waals surface area contributed by atoms with E-state index in [0.29, 0.717) is 11.5 Å². The molecule has 1 saturated carbocycles. The first kappa shape index (κ1) is 16.5. The number of hydrogen-bond donors (Lipinski definition) is 1. The minimum atomic E-state index is 0.528. The van der Waals surface area contributed by atoms with Crippen molar-refractivity contribution >= 4 is 27.3 Å². The van der Waals surface area contributed by atoms with Crippen LogP contribution in [0.15, 0.2) is 15.9 Å². The van der Waals surface area contributed by atoms with Gasteiger partial charge in [-0.2, -0.15) is 0 Å². The SMILES string of the molecule is CCNC(Cc1cc(Br)cs1)C1(CC(C)C)CCCC1. The molecule has 1 nitrogen and oxygen atoms in total. The summed E-state index contributed by atoms with van der Waals surface area (Å²) in [6, 6.07) is 2.94. The zero-order valence-electron chi connectivity index (χ0n) is 13.0. The van der Waals surface area contributed by atoms with Crippen LogP contribution in [0.1, 0.15) is 57.8 Å². The van der Waals surface area contributed by atoms with E-state index in [4.69, 9.17) is 0 Å². The lowest BCUT2D eigenvalue weighted by molar-refractivity contribution is 0.156. The van der Waals surface area contributed by atoms with Crippen LogP contribution in [0.3, 0.4) is 0 Å². The van der Waals surface area contributed by atoms with Crippen molar-refractivity contribution < 1.29 is 0 Å². The lowest BCUT2D eigenvalue weighted by Crippen LogP contribution is -2.46. The minimum Gasteiger partial charge on any atom is -0.313 e. The van der Waals surface area contributed by atoms with Gasteiger partial charge >= 0.3 is 0 Å². The highest BCUT2D eigenvalue weighted by Gasteiger charge is 2.41. The van der Waals surface area contributed by atoms with Gasteiger partial charge in [0.15, 0.2) is 0 Å².